The van der Waals surface area contributed by atoms with Crippen molar-refractivity contribution < 1.29 is 17.9 Å². The molecule has 2 rings (SSSR count). The van der Waals surface area contributed by atoms with E-state index in [2.05, 4.69) is 0 Å². The lowest BCUT2D eigenvalue weighted by Crippen LogP contribution is -2.43. The van der Waals surface area contributed by atoms with Crippen molar-refractivity contribution in [3.8, 4) is 0 Å². The number of sulfonamides is 1. The van der Waals surface area contributed by atoms with Crippen LogP contribution in [0.1, 0.15) is 44.0 Å². The van der Waals surface area contributed by atoms with E-state index in [0.29, 0.717) is 38.3 Å². The number of piperidine rings is 1. The van der Waals surface area contributed by atoms with Crippen LogP contribution in [0.4, 0.5) is 0 Å². The highest BCUT2D eigenvalue weighted by Gasteiger charge is 2.27. The zero-order valence-electron chi connectivity index (χ0n) is 15.3. The molecular weight excluding hydrogens is 340 g/mol. The first-order valence-electron chi connectivity index (χ1n) is 8.95. The number of benzene rings is 1. The van der Waals surface area contributed by atoms with Crippen molar-refractivity contribution in [2.45, 2.75) is 44.6 Å². The van der Waals surface area contributed by atoms with Gasteiger partial charge in [-0.15, -0.1) is 0 Å². The fourth-order valence-electron chi connectivity index (χ4n) is 3.18. The van der Waals surface area contributed by atoms with Crippen LogP contribution < -0.4 is 0 Å². The number of amides is 1. The van der Waals surface area contributed by atoms with Crippen molar-refractivity contribution >= 4 is 15.9 Å². The van der Waals surface area contributed by atoms with Gasteiger partial charge in [0, 0.05) is 38.3 Å². The van der Waals surface area contributed by atoms with E-state index in [9.17, 15) is 13.2 Å². The van der Waals surface area contributed by atoms with Crippen molar-refractivity contribution in [2.24, 2.45) is 0 Å². The van der Waals surface area contributed by atoms with Crippen molar-refractivity contribution in [1.82, 2.24) is 9.21 Å². The second-order valence-electron chi connectivity index (χ2n) is 6.09. The molecule has 1 heterocycles. The molecule has 0 radical (unpaired) electrons. The Bertz CT molecular complexity index is 684. The van der Waals surface area contributed by atoms with E-state index in [4.69, 9.17) is 4.74 Å². The third-order valence-electron chi connectivity index (χ3n) is 4.49. The van der Waals surface area contributed by atoms with Crippen LogP contribution in [0.5, 0.6) is 0 Å². The molecule has 0 aliphatic carbocycles. The number of hydrogen-bond acceptors (Lipinski definition) is 4. The normalized spacial score (nSPS) is 18.6. The van der Waals surface area contributed by atoms with Gasteiger partial charge in [-0.1, -0.05) is 19.9 Å². The molecule has 0 bridgehead atoms. The molecule has 1 fully saturated rings. The molecule has 25 heavy (non-hydrogen) atoms. The summed E-state index contributed by atoms with van der Waals surface area (Å²) in [5.41, 5.74) is 0.408. The Morgan fingerprint density at radius 3 is 2.64 bits per heavy atom. The first-order valence-corrected chi connectivity index (χ1v) is 10.4. The number of ether oxygens (including phenoxy) is 1. The second-order valence-corrected chi connectivity index (χ2v) is 8.03. The highest BCUT2D eigenvalue weighted by molar-refractivity contribution is 7.89. The van der Waals surface area contributed by atoms with E-state index in [0.717, 1.165) is 12.8 Å². The zero-order valence-corrected chi connectivity index (χ0v) is 16.1. The number of likely N-dealkylation sites (tertiary alicyclic amines) is 1. The number of rotatable bonds is 7. The molecule has 1 aromatic rings. The zero-order chi connectivity index (χ0) is 18.4. The summed E-state index contributed by atoms with van der Waals surface area (Å²) in [7, 11) is -3.57. The van der Waals surface area contributed by atoms with Gasteiger partial charge in [-0.3, -0.25) is 4.79 Å². The van der Waals surface area contributed by atoms with Gasteiger partial charge in [-0.25, -0.2) is 8.42 Å². The number of carbonyl (C=O) groups is 1. The van der Waals surface area contributed by atoms with E-state index in [-0.39, 0.29) is 16.9 Å². The van der Waals surface area contributed by atoms with Crippen molar-refractivity contribution in [3.63, 3.8) is 0 Å². The van der Waals surface area contributed by atoms with Gasteiger partial charge in [-0.2, -0.15) is 4.31 Å². The number of nitrogens with zero attached hydrogens (tertiary/aromatic N) is 2. The predicted molar refractivity (Wildman–Crippen MR) is 97.1 cm³/mol. The molecule has 0 spiro atoms. The molecule has 1 atom stereocenters. The maximum atomic E-state index is 12.8. The molecule has 7 heteroatoms. The molecule has 0 aromatic heterocycles. The van der Waals surface area contributed by atoms with Crippen LogP contribution in [-0.4, -0.2) is 62.4 Å². The Labute approximate surface area is 150 Å². The minimum absolute atomic E-state index is 0.0605. The topological polar surface area (TPSA) is 66.9 Å². The second kappa shape index (κ2) is 8.78. The average Bonchev–Trinajstić information content (AvgIpc) is 2.62. The first-order chi connectivity index (χ1) is 11.9. The lowest BCUT2D eigenvalue weighted by atomic mass is 10.1. The molecule has 1 aliphatic heterocycles. The van der Waals surface area contributed by atoms with Crippen LogP contribution in [-0.2, 0) is 14.8 Å². The monoisotopic (exact) mass is 368 g/mol. The minimum Gasteiger partial charge on any atom is -0.377 e. The van der Waals surface area contributed by atoms with Crippen molar-refractivity contribution in [2.75, 3.05) is 32.8 Å². The van der Waals surface area contributed by atoms with Crippen LogP contribution >= 0.6 is 0 Å². The summed E-state index contributed by atoms with van der Waals surface area (Å²) in [5.74, 6) is -0.138. The average molecular weight is 368 g/mol. The van der Waals surface area contributed by atoms with Gasteiger partial charge in [-0.05, 0) is 38.0 Å². The standard InChI is InChI=1S/C18H28N2O4S/c1-4-20(5-2)25(22,23)17-11-7-9-15(13-17)18(21)19-12-8-10-16(14-19)24-6-3/h7,9,11,13,16H,4-6,8,10,12,14H2,1-3H3. The fraction of sp³-hybridized carbons (Fsp3) is 0.611. The SMILES string of the molecule is CCOC1CCCN(C(=O)c2cccc(S(=O)(=O)N(CC)CC)c2)C1. The lowest BCUT2D eigenvalue weighted by Gasteiger charge is -2.32. The molecule has 1 amide bonds. The lowest BCUT2D eigenvalue weighted by molar-refractivity contribution is 0.00723. The van der Waals surface area contributed by atoms with E-state index < -0.39 is 10.0 Å². The van der Waals surface area contributed by atoms with Crippen molar-refractivity contribution in [1.29, 1.82) is 0 Å². The van der Waals surface area contributed by atoms with E-state index in [1.54, 1.807) is 36.9 Å². The summed E-state index contributed by atoms with van der Waals surface area (Å²) in [6.07, 6.45) is 1.91. The Balaban J connectivity index is 2.22. The third kappa shape index (κ3) is 4.59. The summed E-state index contributed by atoms with van der Waals surface area (Å²) in [6.45, 7) is 8.22. The smallest absolute Gasteiger partial charge is 0.253 e. The van der Waals surface area contributed by atoms with Gasteiger partial charge in [0.05, 0.1) is 11.0 Å². The summed E-state index contributed by atoms with van der Waals surface area (Å²) >= 11 is 0. The van der Waals surface area contributed by atoms with Gasteiger partial charge in [0.2, 0.25) is 10.0 Å². The summed E-state index contributed by atoms with van der Waals surface area (Å²) in [5, 5.41) is 0. The Morgan fingerprint density at radius 1 is 1.28 bits per heavy atom. The Morgan fingerprint density at radius 2 is 2.00 bits per heavy atom. The molecule has 1 aromatic carbocycles. The largest absolute Gasteiger partial charge is 0.377 e. The van der Waals surface area contributed by atoms with Crippen LogP contribution in [0.3, 0.4) is 0 Å². The third-order valence-corrected chi connectivity index (χ3v) is 6.54. The first kappa shape index (κ1) is 19.9. The molecule has 1 saturated heterocycles. The number of carbonyl (C=O) groups excluding carboxylic acids is 1. The quantitative estimate of drug-likeness (QED) is 0.741. The maximum Gasteiger partial charge on any atom is 0.253 e. The Hall–Kier alpha value is -1.44. The van der Waals surface area contributed by atoms with E-state index in [1.807, 2.05) is 6.92 Å². The van der Waals surface area contributed by atoms with Crippen molar-refractivity contribution in [3.05, 3.63) is 29.8 Å². The highest BCUT2D eigenvalue weighted by atomic mass is 32.2. The van der Waals surface area contributed by atoms with Gasteiger partial charge >= 0.3 is 0 Å². The van der Waals surface area contributed by atoms with Gasteiger partial charge in [0.25, 0.3) is 5.91 Å². The van der Waals surface area contributed by atoms with Gasteiger partial charge < -0.3 is 9.64 Å². The fourth-order valence-corrected chi connectivity index (χ4v) is 4.68. The van der Waals surface area contributed by atoms with Gasteiger partial charge in [0.15, 0.2) is 0 Å². The summed E-state index contributed by atoms with van der Waals surface area (Å²) in [4.78, 5) is 14.7. The summed E-state index contributed by atoms with van der Waals surface area (Å²) in [6, 6.07) is 6.34. The molecule has 1 aliphatic rings. The molecule has 6 nitrogen and oxygen atoms in total. The highest BCUT2D eigenvalue weighted by Crippen LogP contribution is 2.20. The van der Waals surface area contributed by atoms with Crippen LogP contribution in [0, 0.1) is 0 Å². The molecule has 0 N–H and O–H groups in total. The van der Waals surface area contributed by atoms with E-state index >= 15 is 0 Å². The van der Waals surface area contributed by atoms with Crippen LogP contribution in [0.25, 0.3) is 0 Å². The Kier molecular flexibility index (Phi) is 6.98. The minimum atomic E-state index is -3.57. The number of hydrogen-bond donors (Lipinski definition) is 0. The molecule has 0 saturated carbocycles. The predicted octanol–water partition coefficient (Wildman–Crippen LogP) is 2.36. The van der Waals surface area contributed by atoms with E-state index in [1.165, 1.54) is 10.4 Å². The molecule has 1 unspecified atom stereocenters. The molecule has 140 valence electrons. The maximum absolute atomic E-state index is 12.8. The summed E-state index contributed by atoms with van der Waals surface area (Å²) < 4.78 is 32.4. The van der Waals surface area contributed by atoms with Crippen LogP contribution in [0.15, 0.2) is 29.2 Å². The van der Waals surface area contributed by atoms with Crippen LogP contribution in [0.2, 0.25) is 0 Å². The van der Waals surface area contributed by atoms with Gasteiger partial charge in [0.1, 0.15) is 0 Å². The molecular formula is C18H28N2O4S.